The fourth-order valence-corrected chi connectivity index (χ4v) is 2.94. The molecular weight excluding hydrogens is 446 g/mol. The summed E-state index contributed by atoms with van der Waals surface area (Å²) in [6, 6.07) is 7.03. The highest BCUT2D eigenvalue weighted by atomic mass is 127. The molecule has 0 saturated heterocycles. The highest BCUT2D eigenvalue weighted by Crippen LogP contribution is 2.40. The lowest BCUT2D eigenvalue weighted by Crippen LogP contribution is -2.07. The minimum Gasteiger partial charge on any atom is -0.166 e. The van der Waals surface area contributed by atoms with E-state index in [2.05, 4.69) is 0 Å². The number of benzene rings is 2. The molecule has 0 atom stereocenters. The van der Waals surface area contributed by atoms with E-state index in [1.807, 2.05) is 0 Å². The van der Waals surface area contributed by atoms with Crippen LogP contribution in [0.2, 0.25) is 15.1 Å². The van der Waals surface area contributed by atoms with Gasteiger partial charge in [0.2, 0.25) is 0 Å². The van der Waals surface area contributed by atoms with E-state index in [-0.39, 0.29) is 18.6 Å². The lowest BCUT2D eigenvalue weighted by molar-refractivity contribution is -0.138. The van der Waals surface area contributed by atoms with Gasteiger partial charge < -0.3 is 0 Å². The van der Waals surface area contributed by atoms with E-state index >= 15 is 0 Å². The van der Waals surface area contributed by atoms with E-state index in [1.165, 1.54) is 12.1 Å². The zero-order valence-corrected chi connectivity index (χ0v) is 14.0. The Kier molecular flexibility index (Phi) is 4.79. The zero-order valence-electron chi connectivity index (χ0n) is 9.53. The summed E-state index contributed by atoms with van der Waals surface area (Å²) in [4.78, 5) is 0. The predicted octanol–water partition coefficient (Wildman–Crippen LogP) is 6.94. The van der Waals surface area contributed by atoms with Crippen molar-refractivity contribution in [2.45, 2.75) is 6.18 Å². The van der Waals surface area contributed by atoms with E-state index in [9.17, 15) is 13.2 Å². The number of alkyl halides is 3. The molecule has 0 radical (unpaired) electrons. The average molecular weight is 451 g/mol. The summed E-state index contributed by atoms with van der Waals surface area (Å²) in [5.74, 6) is 0. The molecular formula is C13H5Cl3F3I. The standard InChI is InChI=1S/C13H5Cl3F3I/c14-9-3-2-7(11(15)12(9)16)6-1-4-10(20)8(5-6)13(17,18)19/h1-5H. The van der Waals surface area contributed by atoms with Gasteiger partial charge in [-0.25, -0.2) is 0 Å². The summed E-state index contributed by atoms with van der Waals surface area (Å²) in [5, 5.41) is 0.508. The summed E-state index contributed by atoms with van der Waals surface area (Å²) in [6.07, 6.45) is -4.42. The van der Waals surface area contributed by atoms with Crippen LogP contribution in [0.1, 0.15) is 5.56 Å². The first kappa shape index (κ1) is 16.2. The van der Waals surface area contributed by atoms with Gasteiger partial charge in [0.05, 0.1) is 20.6 Å². The molecule has 7 heteroatoms. The van der Waals surface area contributed by atoms with Crippen molar-refractivity contribution in [1.82, 2.24) is 0 Å². The lowest BCUT2D eigenvalue weighted by atomic mass is 10.0. The SMILES string of the molecule is FC(F)(F)c1cc(-c2ccc(Cl)c(Cl)c2Cl)ccc1I. The Morgan fingerprint density at radius 1 is 0.900 bits per heavy atom. The molecule has 2 rings (SSSR count). The highest BCUT2D eigenvalue weighted by Gasteiger charge is 2.33. The van der Waals surface area contributed by atoms with E-state index in [4.69, 9.17) is 34.8 Å². The van der Waals surface area contributed by atoms with Crippen LogP contribution in [0.25, 0.3) is 11.1 Å². The Hall–Kier alpha value is -0.170. The van der Waals surface area contributed by atoms with Crippen LogP contribution >= 0.6 is 57.4 Å². The molecule has 20 heavy (non-hydrogen) atoms. The Balaban J connectivity index is 2.63. The van der Waals surface area contributed by atoms with Gasteiger partial charge in [-0.3, -0.25) is 0 Å². The molecule has 106 valence electrons. The first-order chi connectivity index (χ1) is 9.21. The fraction of sp³-hybridized carbons (Fsp3) is 0.0769. The molecule has 0 saturated carbocycles. The van der Waals surface area contributed by atoms with Crippen molar-refractivity contribution in [3.05, 3.63) is 54.5 Å². The third kappa shape index (κ3) is 3.18. The molecule has 0 aromatic heterocycles. The summed E-state index contributed by atoms with van der Waals surface area (Å²) in [5.41, 5.74) is 0.0296. The molecule has 0 aliphatic carbocycles. The molecule has 0 aliphatic rings. The maximum atomic E-state index is 12.9. The maximum absolute atomic E-state index is 12.9. The second-order valence-corrected chi connectivity index (χ2v) is 6.24. The lowest BCUT2D eigenvalue weighted by Gasteiger charge is -2.13. The third-order valence-electron chi connectivity index (χ3n) is 2.62. The number of hydrogen-bond acceptors (Lipinski definition) is 0. The average Bonchev–Trinajstić information content (AvgIpc) is 2.36. The molecule has 0 amide bonds. The first-order valence-electron chi connectivity index (χ1n) is 5.22. The van der Waals surface area contributed by atoms with Gasteiger partial charge in [-0.05, 0) is 46.4 Å². The van der Waals surface area contributed by atoms with Gasteiger partial charge in [0.25, 0.3) is 0 Å². The number of halogens is 7. The molecule has 0 heterocycles. The fourth-order valence-electron chi connectivity index (χ4n) is 1.66. The second-order valence-electron chi connectivity index (χ2n) is 3.92. The second kappa shape index (κ2) is 5.91. The van der Waals surface area contributed by atoms with Gasteiger partial charge in [-0.1, -0.05) is 46.9 Å². The van der Waals surface area contributed by atoms with E-state index < -0.39 is 11.7 Å². The van der Waals surface area contributed by atoms with E-state index in [0.29, 0.717) is 11.1 Å². The Morgan fingerprint density at radius 2 is 1.55 bits per heavy atom. The van der Waals surface area contributed by atoms with Crippen molar-refractivity contribution in [1.29, 1.82) is 0 Å². The molecule has 2 aromatic carbocycles. The Labute approximate surface area is 142 Å². The maximum Gasteiger partial charge on any atom is 0.417 e. The van der Waals surface area contributed by atoms with Crippen LogP contribution in [0.3, 0.4) is 0 Å². The minimum absolute atomic E-state index is 0.120. The van der Waals surface area contributed by atoms with Crippen molar-refractivity contribution >= 4 is 57.4 Å². The van der Waals surface area contributed by atoms with Crippen molar-refractivity contribution < 1.29 is 13.2 Å². The van der Waals surface area contributed by atoms with Crippen LogP contribution < -0.4 is 0 Å². The van der Waals surface area contributed by atoms with Gasteiger partial charge in [0, 0.05) is 9.13 Å². The van der Waals surface area contributed by atoms with Gasteiger partial charge in [0.1, 0.15) is 0 Å². The third-order valence-corrected chi connectivity index (χ3v) is 4.85. The Morgan fingerprint density at radius 3 is 2.15 bits per heavy atom. The minimum atomic E-state index is -4.42. The quantitative estimate of drug-likeness (QED) is 0.326. The van der Waals surface area contributed by atoms with Crippen LogP contribution in [-0.2, 0) is 6.18 Å². The molecule has 0 nitrogen and oxygen atoms in total. The monoisotopic (exact) mass is 450 g/mol. The van der Waals surface area contributed by atoms with Gasteiger partial charge in [0.15, 0.2) is 0 Å². The molecule has 2 aromatic rings. The van der Waals surface area contributed by atoms with Gasteiger partial charge >= 0.3 is 6.18 Å². The van der Waals surface area contributed by atoms with Gasteiger partial charge in [-0.2, -0.15) is 13.2 Å². The zero-order chi connectivity index (χ0) is 15.1. The Bertz CT molecular complexity index is 669. The number of hydrogen-bond donors (Lipinski definition) is 0. The molecule has 0 aliphatic heterocycles. The summed E-state index contributed by atoms with van der Waals surface area (Å²) < 4.78 is 38.8. The van der Waals surface area contributed by atoms with Crippen LogP contribution in [0.4, 0.5) is 13.2 Å². The molecule has 0 fully saturated rings. The topological polar surface area (TPSA) is 0 Å². The molecule has 0 spiro atoms. The van der Waals surface area contributed by atoms with Crippen molar-refractivity contribution in [3.63, 3.8) is 0 Å². The normalized spacial score (nSPS) is 11.8. The summed E-state index contributed by atoms with van der Waals surface area (Å²) in [7, 11) is 0. The van der Waals surface area contributed by atoms with Gasteiger partial charge in [-0.15, -0.1) is 0 Å². The predicted molar refractivity (Wildman–Crippen MR) is 84.6 cm³/mol. The van der Waals surface area contributed by atoms with Crippen LogP contribution in [0.15, 0.2) is 30.3 Å². The van der Waals surface area contributed by atoms with Crippen LogP contribution in [0.5, 0.6) is 0 Å². The van der Waals surface area contributed by atoms with Crippen molar-refractivity contribution in [2.75, 3.05) is 0 Å². The molecule has 0 bridgehead atoms. The van der Waals surface area contributed by atoms with Crippen molar-refractivity contribution in [2.24, 2.45) is 0 Å². The smallest absolute Gasteiger partial charge is 0.166 e. The number of rotatable bonds is 1. The van der Waals surface area contributed by atoms with Crippen molar-refractivity contribution in [3.8, 4) is 11.1 Å². The molecule has 0 N–H and O–H groups in total. The highest BCUT2D eigenvalue weighted by molar-refractivity contribution is 14.1. The summed E-state index contributed by atoms with van der Waals surface area (Å²) in [6.45, 7) is 0. The van der Waals surface area contributed by atoms with Crippen LogP contribution in [-0.4, -0.2) is 0 Å². The largest absolute Gasteiger partial charge is 0.417 e. The first-order valence-corrected chi connectivity index (χ1v) is 7.43. The summed E-state index contributed by atoms with van der Waals surface area (Å²) >= 11 is 19.4. The molecule has 0 unspecified atom stereocenters. The van der Waals surface area contributed by atoms with E-state index in [0.717, 1.165) is 6.07 Å². The van der Waals surface area contributed by atoms with Crippen LogP contribution in [0, 0.1) is 3.57 Å². The van der Waals surface area contributed by atoms with E-state index in [1.54, 1.807) is 34.7 Å².